The Bertz CT molecular complexity index is 531. The average molecular weight is 301 g/mol. The van der Waals surface area contributed by atoms with Crippen molar-refractivity contribution in [2.24, 2.45) is 0 Å². The third kappa shape index (κ3) is 3.88. The number of likely N-dealkylation sites (N-methyl/N-ethyl adjacent to an activating group) is 1. The molecule has 20 heavy (non-hydrogen) atoms. The van der Waals surface area contributed by atoms with Gasteiger partial charge in [0.25, 0.3) is 11.6 Å². The predicted molar refractivity (Wildman–Crippen MR) is 76.0 cm³/mol. The number of carbonyl (C=O) groups excluding carboxylic acids is 1. The van der Waals surface area contributed by atoms with Crippen LogP contribution in [-0.2, 0) is 0 Å². The summed E-state index contributed by atoms with van der Waals surface area (Å²) in [6, 6.07) is 1.12. The number of nitro groups is 1. The van der Waals surface area contributed by atoms with Gasteiger partial charge in [-0.3, -0.25) is 14.9 Å². The fourth-order valence-electron chi connectivity index (χ4n) is 1.25. The largest absolute Gasteiger partial charge is 0.350 e. The van der Waals surface area contributed by atoms with Gasteiger partial charge in [-0.25, -0.2) is 4.98 Å². The molecule has 0 bridgehead atoms. The zero-order valence-corrected chi connectivity index (χ0v) is 12.6. The molecule has 0 saturated carbocycles. The van der Waals surface area contributed by atoms with E-state index in [9.17, 15) is 14.9 Å². The molecule has 0 unspecified atom stereocenters. The SMILES string of the molecule is CN(C)C(C)(C)CNC(=O)c1cc([N+](=O)[O-])cnc1Cl. The molecular weight excluding hydrogens is 284 g/mol. The molecule has 0 spiro atoms. The maximum Gasteiger partial charge on any atom is 0.288 e. The van der Waals surface area contributed by atoms with Crippen LogP contribution in [0, 0.1) is 10.1 Å². The van der Waals surface area contributed by atoms with E-state index in [0.29, 0.717) is 6.54 Å². The minimum Gasteiger partial charge on any atom is -0.350 e. The molecule has 1 amide bonds. The molecule has 1 rings (SSSR count). The van der Waals surface area contributed by atoms with Crippen molar-refractivity contribution in [3.8, 4) is 0 Å². The van der Waals surface area contributed by atoms with Crippen molar-refractivity contribution >= 4 is 23.2 Å². The van der Waals surface area contributed by atoms with E-state index < -0.39 is 10.8 Å². The average Bonchev–Trinajstić information content (AvgIpc) is 2.36. The molecular formula is C12H17ClN4O3. The van der Waals surface area contributed by atoms with E-state index >= 15 is 0 Å². The van der Waals surface area contributed by atoms with Crippen LogP contribution in [0.15, 0.2) is 12.3 Å². The number of carbonyl (C=O) groups is 1. The van der Waals surface area contributed by atoms with Crippen molar-refractivity contribution in [3.63, 3.8) is 0 Å². The zero-order chi connectivity index (χ0) is 15.5. The Labute approximate surface area is 122 Å². The minimum absolute atomic E-state index is 0.00424. The Morgan fingerprint density at radius 2 is 2.15 bits per heavy atom. The Morgan fingerprint density at radius 1 is 1.55 bits per heavy atom. The smallest absolute Gasteiger partial charge is 0.288 e. The van der Waals surface area contributed by atoms with Crippen molar-refractivity contribution in [3.05, 3.63) is 33.1 Å². The topological polar surface area (TPSA) is 88.4 Å². The minimum atomic E-state index is -0.621. The van der Waals surface area contributed by atoms with Crippen molar-refractivity contribution in [2.75, 3.05) is 20.6 Å². The van der Waals surface area contributed by atoms with Gasteiger partial charge in [0.05, 0.1) is 10.5 Å². The summed E-state index contributed by atoms with van der Waals surface area (Å²) in [5, 5.41) is 13.3. The van der Waals surface area contributed by atoms with Gasteiger partial charge in [-0.05, 0) is 27.9 Å². The fourth-order valence-corrected chi connectivity index (χ4v) is 1.44. The summed E-state index contributed by atoms with van der Waals surface area (Å²) in [6.45, 7) is 4.29. The van der Waals surface area contributed by atoms with E-state index in [2.05, 4.69) is 10.3 Å². The van der Waals surface area contributed by atoms with Crippen molar-refractivity contribution < 1.29 is 9.72 Å². The molecule has 1 aromatic heterocycles. The van der Waals surface area contributed by atoms with Gasteiger partial charge in [-0.15, -0.1) is 0 Å². The summed E-state index contributed by atoms with van der Waals surface area (Å²) >= 11 is 5.80. The first-order valence-electron chi connectivity index (χ1n) is 5.90. The monoisotopic (exact) mass is 300 g/mol. The molecule has 0 aliphatic carbocycles. The van der Waals surface area contributed by atoms with Crippen molar-refractivity contribution in [2.45, 2.75) is 19.4 Å². The summed E-state index contributed by atoms with van der Waals surface area (Å²) < 4.78 is 0. The van der Waals surface area contributed by atoms with Gasteiger partial charge in [-0.1, -0.05) is 11.6 Å². The van der Waals surface area contributed by atoms with Crippen LogP contribution >= 0.6 is 11.6 Å². The van der Waals surface area contributed by atoms with Crippen LogP contribution in [0.2, 0.25) is 5.15 Å². The van der Waals surface area contributed by atoms with E-state index in [1.54, 1.807) is 0 Å². The highest BCUT2D eigenvalue weighted by Gasteiger charge is 2.23. The number of amides is 1. The van der Waals surface area contributed by atoms with Gasteiger partial charge in [0.15, 0.2) is 0 Å². The molecule has 0 aliphatic rings. The first-order valence-corrected chi connectivity index (χ1v) is 6.28. The highest BCUT2D eigenvalue weighted by molar-refractivity contribution is 6.32. The van der Waals surface area contributed by atoms with E-state index in [1.807, 2.05) is 32.8 Å². The summed E-state index contributed by atoms with van der Waals surface area (Å²) in [5.41, 5.74) is -0.530. The van der Waals surface area contributed by atoms with Crippen molar-refractivity contribution in [1.82, 2.24) is 15.2 Å². The number of pyridine rings is 1. The first-order chi connectivity index (χ1) is 9.15. The van der Waals surface area contributed by atoms with Gasteiger partial charge in [0, 0.05) is 18.2 Å². The zero-order valence-electron chi connectivity index (χ0n) is 11.8. The lowest BCUT2D eigenvalue weighted by atomic mass is 10.0. The molecule has 0 aliphatic heterocycles. The van der Waals surface area contributed by atoms with Gasteiger partial charge in [0.1, 0.15) is 11.3 Å². The number of aromatic nitrogens is 1. The molecule has 0 saturated heterocycles. The second kappa shape index (κ2) is 6.15. The predicted octanol–water partition coefficient (Wildman–Crippen LogP) is 1.71. The summed E-state index contributed by atoms with van der Waals surface area (Å²) in [6.07, 6.45) is 1.02. The fraction of sp³-hybridized carbons (Fsp3) is 0.500. The summed E-state index contributed by atoms with van der Waals surface area (Å²) in [5.74, 6) is -0.485. The Kier molecular flexibility index (Phi) is 5.02. The maximum atomic E-state index is 12.0. The third-order valence-electron chi connectivity index (χ3n) is 3.17. The number of nitrogens with zero attached hydrogens (tertiary/aromatic N) is 3. The first kappa shape index (κ1) is 16.3. The highest BCUT2D eigenvalue weighted by Crippen LogP contribution is 2.19. The van der Waals surface area contributed by atoms with E-state index in [-0.39, 0.29) is 21.9 Å². The van der Waals surface area contributed by atoms with Crippen LogP contribution in [-0.4, -0.2) is 46.9 Å². The Hall–Kier alpha value is -1.73. The highest BCUT2D eigenvalue weighted by atomic mass is 35.5. The van der Waals surface area contributed by atoms with Crippen molar-refractivity contribution in [1.29, 1.82) is 0 Å². The molecule has 8 heteroatoms. The summed E-state index contributed by atoms with van der Waals surface area (Å²) in [4.78, 5) is 27.7. The quantitative estimate of drug-likeness (QED) is 0.508. The van der Waals surface area contributed by atoms with E-state index in [4.69, 9.17) is 11.6 Å². The lowest BCUT2D eigenvalue weighted by molar-refractivity contribution is -0.385. The molecule has 0 radical (unpaired) electrons. The van der Waals surface area contributed by atoms with Gasteiger partial charge in [0.2, 0.25) is 0 Å². The van der Waals surface area contributed by atoms with Crippen LogP contribution < -0.4 is 5.32 Å². The van der Waals surface area contributed by atoms with Crippen LogP contribution in [0.3, 0.4) is 0 Å². The Morgan fingerprint density at radius 3 is 2.65 bits per heavy atom. The van der Waals surface area contributed by atoms with Gasteiger partial charge >= 0.3 is 0 Å². The standard InChI is InChI=1S/C12H17ClN4O3/c1-12(2,16(3)4)7-15-11(18)9-5-8(17(19)20)6-14-10(9)13/h5-6H,7H2,1-4H3,(H,15,18). The number of nitrogens with one attached hydrogen (secondary N) is 1. The molecule has 1 heterocycles. The molecule has 1 aromatic rings. The number of hydrogen-bond donors (Lipinski definition) is 1. The molecule has 110 valence electrons. The Balaban J connectivity index is 2.88. The lowest BCUT2D eigenvalue weighted by Crippen LogP contribution is -2.48. The molecule has 0 aromatic carbocycles. The maximum absolute atomic E-state index is 12.0. The number of halogens is 1. The van der Waals surface area contributed by atoms with E-state index in [0.717, 1.165) is 12.3 Å². The lowest BCUT2D eigenvalue weighted by Gasteiger charge is -2.32. The van der Waals surface area contributed by atoms with Crippen LogP contribution in [0.4, 0.5) is 5.69 Å². The summed E-state index contributed by atoms with van der Waals surface area (Å²) in [7, 11) is 3.79. The van der Waals surface area contributed by atoms with E-state index in [1.165, 1.54) is 0 Å². The normalized spacial score (nSPS) is 11.5. The molecule has 1 N–H and O–H groups in total. The van der Waals surface area contributed by atoms with Gasteiger partial charge in [-0.2, -0.15) is 0 Å². The third-order valence-corrected chi connectivity index (χ3v) is 3.47. The molecule has 7 nitrogen and oxygen atoms in total. The van der Waals surface area contributed by atoms with Crippen LogP contribution in [0.1, 0.15) is 24.2 Å². The number of hydrogen-bond acceptors (Lipinski definition) is 5. The van der Waals surface area contributed by atoms with Crippen LogP contribution in [0.5, 0.6) is 0 Å². The molecule has 0 atom stereocenters. The number of rotatable bonds is 5. The second-order valence-electron chi connectivity index (χ2n) is 5.18. The van der Waals surface area contributed by atoms with Gasteiger partial charge < -0.3 is 10.2 Å². The van der Waals surface area contributed by atoms with Crippen LogP contribution in [0.25, 0.3) is 0 Å². The second-order valence-corrected chi connectivity index (χ2v) is 5.54. The molecule has 0 fully saturated rings.